The van der Waals surface area contributed by atoms with Gasteiger partial charge in [-0.25, -0.2) is 0 Å². The van der Waals surface area contributed by atoms with Crippen LogP contribution in [0, 0.1) is 0 Å². The summed E-state index contributed by atoms with van der Waals surface area (Å²) in [5.74, 6) is 1.34. The van der Waals surface area contributed by atoms with Crippen LogP contribution in [0.1, 0.15) is 23.6 Å². The third kappa shape index (κ3) is 2.27. The Balaban J connectivity index is 3.31. The maximum Gasteiger partial charge on any atom is 0.119 e. The second-order valence-corrected chi connectivity index (χ2v) is 3.44. The van der Waals surface area contributed by atoms with E-state index in [9.17, 15) is 0 Å². The second kappa shape index (κ2) is 5.40. The van der Waals surface area contributed by atoms with Crippen LogP contribution in [0.3, 0.4) is 0 Å². The van der Waals surface area contributed by atoms with Gasteiger partial charge in [-0.3, -0.25) is 0 Å². The minimum atomic E-state index is 0.669. The summed E-state index contributed by atoms with van der Waals surface area (Å²) in [5.41, 5.74) is 3.18. The predicted octanol–water partition coefficient (Wildman–Crippen LogP) is 3.48. The molecule has 0 aliphatic heterocycles. The molecule has 2 nitrogen and oxygen atoms in total. The van der Waals surface area contributed by atoms with Crippen molar-refractivity contribution >= 4 is 11.5 Å². The van der Waals surface area contributed by atoms with E-state index in [0.717, 1.165) is 23.1 Å². The summed E-state index contributed by atoms with van der Waals surface area (Å²) in [4.78, 5) is 0. The van der Waals surface area contributed by atoms with E-state index in [1.54, 1.807) is 14.2 Å². The van der Waals surface area contributed by atoms with E-state index in [4.69, 9.17) is 9.47 Å². The molecule has 0 fully saturated rings. The van der Waals surface area contributed by atoms with Crippen LogP contribution in [0.4, 0.5) is 0 Å². The van der Waals surface area contributed by atoms with Gasteiger partial charge in [-0.15, -0.1) is 0 Å². The number of ether oxygens (including phenoxy) is 2. The molecule has 0 radical (unpaired) electrons. The van der Waals surface area contributed by atoms with E-state index >= 15 is 0 Å². The summed E-state index contributed by atoms with van der Waals surface area (Å²) in [6, 6.07) is 5.95. The average molecular weight is 218 g/mol. The summed E-state index contributed by atoms with van der Waals surface area (Å²) in [6.45, 7) is 9.86. The van der Waals surface area contributed by atoms with Crippen LogP contribution in [0.5, 0.6) is 0 Å². The molecular weight excluding hydrogens is 200 g/mol. The first-order chi connectivity index (χ1) is 7.65. The molecule has 0 amide bonds. The first kappa shape index (κ1) is 12.4. The van der Waals surface area contributed by atoms with E-state index in [1.807, 2.05) is 18.2 Å². The predicted molar refractivity (Wildman–Crippen MR) is 67.9 cm³/mol. The van der Waals surface area contributed by atoms with Gasteiger partial charge in [-0.2, -0.15) is 0 Å². The van der Waals surface area contributed by atoms with Gasteiger partial charge in [0, 0.05) is 11.1 Å². The molecule has 0 heterocycles. The van der Waals surface area contributed by atoms with Gasteiger partial charge in [-0.1, -0.05) is 38.3 Å². The molecule has 0 aliphatic rings. The van der Waals surface area contributed by atoms with Crippen molar-refractivity contribution in [1.82, 2.24) is 0 Å². The van der Waals surface area contributed by atoms with Crippen LogP contribution in [-0.2, 0) is 15.9 Å². The fourth-order valence-corrected chi connectivity index (χ4v) is 1.71. The molecule has 0 aliphatic carbocycles. The molecule has 1 aromatic carbocycles. The molecule has 0 bridgehead atoms. The maximum absolute atomic E-state index is 5.18. The minimum absolute atomic E-state index is 0.669. The van der Waals surface area contributed by atoms with Gasteiger partial charge in [0.2, 0.25) is 0 Å². The Labute approximate surface area is 97.2 Å². The van der Waals surface area contributed by atoms with Crippen molar-refractivity contribution in [3.8, 4) is 0 Å². The highest BCUT2D eigenvalue weighted by atomic mass is 16.5. The Morgan fingerprint density at radius 1 is 1.06 bits per heavy atom. The van der Waals surface area contributed by atoms with E-state index in [2.05, 4.69) is 20.1 Å². The van der Waals surface area contributed by atoms with Crippen LogP contribution in [0.25, 0.3) is 11.5 Å². The van der Waals surface area contributed by atoms with Crippen LogP contribution in [-0.4, -0.2) is 14.2 Å². The van der Waals surface area contributed by atoms with Gasteiger partial charge in [0.05, 0.1) is 14.2 Å². The van der Waals surface area contributed by atoms with Crippen LogP contribution in [0.15, 0.2) is 31.4 Å². The SMILES string of the molecule is C=C(OC)c1cccc(C(=C)OC)c1CC. The smallest absolute Gasteiger partial charge is 0.119 e. The molecular formula is C14H18O2. The Bertz CT molecular complexity index is 371. The third-order valence-electron chi connectivity index (χ3n) is 2.62. The van der Waals surface area contributed by atoms with Gasteiger partial charge < -0.3 is 9.47 Å². The lowest BCUT2D eigenvalue weighted by Crippen LogP contribution is -1.99. The van der Waals surface area contributed by atoms with Crippen molar-refractivity contribution in [1.29, 1.82) is 0 Å². The monoisotopic (exact) mass is 218 g/mol. The topological polar surface area (TPSA) is 18.5 Å². The van der Waals surface area contributed by atoms with Crippen molar-refractivity contribution in [2.24, 2.45) is 0 Å². The van der Waals surface area contributed by atoms with E-state index in [0.29, 0.717) is 11.5 Å². The van der Waals surface area contributed by atoms with Crippen molar-refractivity contribution in [2.45, 2.75) is 13.3 Å². The third-order valence-corrected chi connectivity index (χ3v) is 2.62. The summed E-state index contributed by atoms with van der Waals surface area (Å²) in [7, 11) is 3.25. The number of hydrogen-bond donors (Lipinski definition) is 0. The van der Waals surface area contributed by atoms with E-state index in [1.165, 1.54) is 0 Å². The van der Waals surface area contributed by atoms with E-state index < -0.39 is 0 Å². The van der Waals surface area contributed by atoms with Gasteiger partial charge in [0.25, 0.3) is 0 Å². The van der Waals surface area contributed by atoms with Gasteiger partial charge in [0.1, 0.15) is 11.5 Å². The molecule has 0 saturated heterocycles. The second-order valence-electron chi connectivity index (χ2n) is 3.44. The van der Waals surface area contributed by atoms with Crippen molar-refractivity contribution in [3.63, 3.8) is 0 Å². The number of methoxy groups -OCH3 is 2. The van der Waals surface area contributed by atoms with Crippen LogP contribution in [0.2, 0.25) is 0 Å². The largest absolute Gasteiger partial charge is 0.497 e. The average Bonchev–Trinajstić information content (AvgIpc) is 2.35. The quantitative estimate of drug-likeness (QED) is 0.704. The normalized spacial score (nSPS) is 9.69. The zero-order valence-electron chi connectivity index (χ0n) is 10.2. The molecule has 0 atom stereocenters. The number of benzene rings is 1. The number of hydrogen-bond acceptors (Lipinski definition) is 2. The number of rotatable bonds is 5. The lowest BCUT2D eigenvalue weighted by molar-refractivity contribution is 0.368. The Hall–Kier alpha value is -1.70. The highest BCUT2D eigenvalue weighted by molar-refractivity contribution is 5.70. The highest BCUT2D eigenvalue weighted by Crippen LogP contribution is 2.26. The first-order valence-corrected chi connectivity index (χ1v) is 5.24. The van der Waals surface area contributed by atoms with Crippen molar-refractivity contribution in [3.05, 3.63) is 48.0 Å². The lowest BCUT2D eigenvalue weighted by Gasteiger charge is -2.15. The van der Waals surface area contributed by atoms with Crippen molar-refractivity contribution < 1.29 is 9.47 Å². The molecule has 2 heteroatoms. The molecule has 86 valence electrons. The van der Waals surface area contributed by atoms with Gasteiger partial charge >= 0.3 is 0 Å². The Morgan fingerprint density at radius 3 is 1.81 bits per heavy atom. The van der Waals surface area contributed by atoms with E-state index in [-0.39, 0.29) is 0 Å². The Kier molecular flexibility index (Phi) is 4.18. The summed E-state index contributed by atoms with van der Waals surface area (Å²) in [6.07, 6.45) is 0.885. The van der Waals surface area contributed by atoms with Crippen molar-refractivity contribution in [2.75, 3.05) is 14.2 Å². The molecule has 0 aromatic heterocycles. The van der Waals surface area contributed by atoms with Crippen LogP contribution < -0.4 is 0 Å². The molecule has 0 N–H and O–H groups in total. The van der Waals surface area contributed by atoms with Crippen LogP contribution >= 0.6 is 0 Å². The zero-order chi connectivity index (χ0) is 12.1. The summed E-state index contributed by atoms with van der Waals surface area (Å²) in [5, 5.41) is 0. The molecule has 0 saturated carbocycles. The fourth-order valence-electron chi connectivity index (χ4n) is 1.71. The molecule has 0 spiro atoms. The first-order valence-electron chi connectivity index (χ1n) is 5.24. The maximum atomic E-state index is 5.18. The van der Waals surface area contributed by atoms with Gasteiger partial charge in [-0.05, 0) is 12.0 Å². The lowest BCUT2D eigenvalue weighted by atomic mass is 9.97. The fraction of sp³-hybridized carbons (Fsp3) is 0.286. The molecule has 1 rings (SSSR count). The zero-order valence-corrected chi connectivity index (χ0v) is 10.2. The highest BCUT2D eigenvalue weighted by Gasteiger charge is 2.11. The summed E-state index contributed by atoms with van der Waals surface area (Å²) >= 11 is 0. The summed E-state index contributed by atoms with van der Waals surface area (Å²) < 4.78 is 10.4. The molecule has 16 heavy (non-hydrogen) atoms. The minimum Gasteiger partial charge on any atom is -0.497 e. The molecule has 1 aromatic rings. The Morgan fingerprint density at radius 2 is 1.50 bits per heavy atom. The van der Waals surface area contributed by atoms with Gasteiger partial charge in [0.15, 0.2) is 0 Å². The molecule has 0 unspecified atom stereocenters. The standard InChI is InChI=1S/C14H18O2/c1-6-12-13(10(2)15-4)8-7-9-14(12)11(3)16-5/h7-9H,2-3,6H2,1,4-5H3.